The van der Waals surface area contributed by atoms with E-state index in [0.717, 1.165) is 34.1 Å². The normalized spacial score (nSPS) is 17.3. The summed E-state index contributed by atoms with van der Waals surface area (Å²) < 4.78 is 13.9. The van der Waals surface area contributed by atoms with Crippen LogP contribution in [0.5, 0.6) is 0 Å². The molecule has 0 aliphatic carbocycles. The zero-order valence-corrected chi connectivity index (χ0v) is 14.0. The van der Waals surface area contributed by atoms with Gasteiger partial charge in [0, 0.05) is 36.5 Å². The van der Waals surface area contributed by atoms with Gasteiger partial charge in [0.25, 0.3) is 0 Å². The second-order valence-electron chi connectivity index (χ2n) is 6.35. The Balaban J connectivity index is 1.72. The van der Waals surface area contributed by atoms with Crippen LogP contribution in [0.4, 0.5) is 4.39 Å². The van der Waals surface area contributed by atoms with Crippen molar-refractivity contribution < 1.29 is 14.0 Å². The van der Waals surface area contributed by atoms with Gasteiger partial charge in [-0.1, -0.05) is 6.92 Å². The van der Waals surface area contributed by atoms with E-state index in [-0.39, 0.29) is 36.6 Å². The van der Waals surface area contributed by atoms with Crippen LogP contribution >= 0.6 is 0 Å². The summed E-state index contributed by atoms with van der Waals surface area (Å²) in [7, 11) is 0. The van der Waals surface area contributed by atoms with Gasteiger partial charge < -0.3 is 15.6 Å². The van der Waals surface area contributed by atoms with E-state index in [0.29, 0.717) is 12.8 Å². The number of nitrogens with one attached hydrogen (secondary N) is 3. The number of hydrogen-bond donors (Lipinski definition) is 3. The van der Waals surface area contributed by atoms with Crippen molar-refractivity contribution in [1.29, 1.82) is 0 Å². The van der Waals surface area contributed by atoms with Crippen molar-refractivity contribution in [1.82, 2.24) is 15.6 Å². The van der Waals surface area contributed by atoms with Crippen molar-refractivity contribution in [2.24, 2.45) is 0 Å². The number of halogens is 1. The third-order valence-corrected chi connectivity index (χ3v) is 4.66. The first-order valence-electron chi connectivity index (χ1n) is 8.33. The van der Waals surface area contributed by atoms with E-state index in [4.69, 9.17) is 0 Å². The van der Waals surface area contributed by atoms with Crippen LogP contribution < -0.4 is 10.6 Å². The second kappa shape index (κ2) is 6.63. The molecule has 1 aromatic carbocycles. The smallest absolute Gasteiger partial charge is 0.222 e. The van der Waals surface area contributed by atoms with Crippen molar-refractivity contribution >= 4 is 22.7 Å². The molecular weight excluding hydrogens is 309 g/mol. The van der Waals surface area contributed by atoms with Crippen LogP contribution in [0.1, 0.15) is 43.0 Å². The zero-order chi connectivity index (χ0) is 17.3. The lowest BCUT2D eigenvalue weighted by Gasteiger charge is -2.11. The molecule has 24 heavy (non-hydrogen) atoms. The number of H-pyrrole nitrogens is 1. The number of aromatic amines is 1. The molecule has 1 unspecified atom stereocenters. The molecule has 2 heterocycles. The van der Waals surface area contributed by atoms with Crippen molar-refractivity contribution in [2.45, 2.75) is 52.1 Å². The highest BCUT2D eigenvalue weighted by atomic mass is 19.1. The molecule has 0 radical (unpaired) electrons. The Morgan fingerprint density at radius 2 is 2.21 bits per heavy atom. The first kappa shape index (κ1) is 16.5. The Bertz CT molecular complexity index is 797. The Hall–Kier alpha value is -2.37. The van der Waals surface area contributed by atoms with Crippen LogP contribution in [0.25, 0.3) is 10.9 Å². The Morgan fingerprint density at radius 3 is 2.88 bits per heavy atom. The highest BCUT2D eigenvalue weighted by molar-refractivity contribution is 5.88. The quantitative estimate of drug-likeness (QED) is 0.787. The monoisotopic (exact) mass is 331 g/mol. The minimum absolute atomic E-state index is 0.00593. The maximum absolute atomic E-state index is 13.9. The number of benzene rings is 1. The maximum Gasteiger partial charge on any atom is 0.222 e. The van der Waals surface area contributed by atoms with Crippen LogP contribution in [0, 0.1) is 12.7 Å². The maximum atomic E-state index is 13.9. The summed E-state index contributed by atoms with van der Waals surface area (Å²) in [5.74, 6) is -0.452. The molecule has 1 aliphatic rings. The first-order valence-corrected chi connectivity index (χ1v) is 8.33. The van der Waals surface area contributed by atoms with Crippen molar-refractivity contribution in [3.05, 3.63) is 34.8 Å². The van der Waals surface area contributed by atoms with Gasteiger partial charge in [-0.15, -0.1) is 0 Å². The molecule has 1 saturated heterocycles. The summed E-state index contributed by atoms with van der Waals surface area (Å²) in [6.45, 7) is 4.28. The van der Waals surface area contributed by atoms with Crippen LogP contribution in [0.3, 0.4) is 0 Å². The number of amides is 2. The molecule has 3 rings (SSSR count). The Morgan fingerprint density at radius 1 is 1.42 bits per heavy atom. The molecule has 6 heteroatoms. The predicted octanol–water partition coefficient (Wildman–Crippen LogP) is 2.46. The van der Waals surface area contributed by atoms with Crippen LogP contribution in [-0.4, -0.2) is 22.8 Å². The average Bonchev–Trinajstić information content (AvgIpc) is 3.09. The van der Waals surface area contributed by atoms with E-state index in [9.17, 15) is 14.0 Å². The predicted molar refractivity (Wildman–Crippen MR) is 90.0 cm³/mol. The number of aryl methyl sites for hydroxylation is 2. The summed E-state index contributed by atoms with van der Waals surface area (Å²) in [6.07, 6.45) is 2.26. The van der Waals surface area contributed by atoms with E-state index in [2.05, 4.69) is 15.6 Å². The lowest BCUT2D eigenvalue weighted by atomic mass is 10.1. The van der Waals surface area contributed by atoms with Gasteiger partial charge in [0.1, 0.15) is 5.82 Å². The molecule has 0 bridgehead atoms. The van der Waals surface area contributed by atoms with Gasteiger partial charge in [-0.05, 0) is 43.0 Å². The number of hydrogen-bond acceptors (Lipinski definition) is 2. The molecule has 2 aromatic rings. The standard InChI is InChI=1S/C18H22FN3O2/c1-3-15-10(2)14-7-12(19)6-11(18(14)22-15)9-20-17(24)8-13-4-5-16(23)21-13/h6-7,13,22H,3-5,8-9H2,1-2H3,(H,20,24)(H,21,23). The lowest BCUT2D eigenvalue weighted by molar-refractivity contribution is -0.121. The topological polar surface area (TPSA) is 74.0 Å². The number of fused-ring (bicyclic) bond motifs is 1. The Kier molecular flexibility index (Phi) is 4.55. The van der Waals surface area contributed by atoms with E-state index in [1.165, 1.54) is 12.1 Å². The summed E-state index contributed by atoms with van der Waals surface area (Å²) >= 11 is 0. The van der Waals surface area contributed by atoms with Gasteiger partial charge in [-0.3, -0.25) is 9.59 Å². The van der Waals surface area contributed by atoms with Gasteiger partial charge >= 0.3 is 0 Å². The molecule has 0 spiro atoms. The van der Waals surface area contributed by atoms with Crippen LogP contribution in [0.2, 0.25) is 0 Å². The third-order valence-electron chi connectivity index (χ3n) is 4.66. The summed E-state index contributed by atoms with van der Waals surface area (Å²) in [6, 6.07) is 2.89. The molecule has 1 aliphatic heterocycles. The molecule has 0 saturated carbocycles. The lowest BCUT2D eigenvalue weighted by Crippen LogP contribution is -2.33. The molecule has 1 fully saturated rings. The molecule has 3 N–H and O–H groups in total. The van der Waals surface area contributed by atoms with E-state index < -0.39 is 0 Å². The fourth-order valence-corrected chi connectivity index (χ4v) is 3.33. The summed E-state index contributed by atoms with van der Waals surface area (Å²) in [4.78, 5) is 26.6. The minimum Gasteiger partial charge on any atom is -0.358 e. The van der Waals surface area contributed by atoms with Gasteiger partial charge in [0.15, 0.2) is 0 Å². The van der Waals surface area contributed by atoms with Crippen LogP contribution in [-0.2, 0) is 22.6 Å². The summed E-state index contributed by atoms with van der Waals surface area (Å²) in [5.41, 5.74) is 3.74. The second-order valence-corrected chi connectivity index (χ2v) is 6.35. The average molecular weight is 331 g/mol. The fourth-order valence-electron chi connectivity index (χ4n) is 3.33. The van der Waals surface area contributed by atoms with E-state index in [1.807, 2.05) is 13.8 Å². The van der Waals surface area contributed by atoms with Gasteiger partial charge in [-0.2, -0.15) is 0 Å². The van der Waals surface area contributed by atoms with Gasteiger partial charge in [0.05, 0.1) is 5.52 Å². The molecule has 2 amide bonds. The third kappa shape index (κ3) is 3.27. The summed E-state index contributed by atoms with van der Waals surface area (Å²) in [5, 5.41) is 6.46. The number of carbonyl (C=O) groups excluding carboxylic acids is 2. The van der Waals surface area contributed by atoms with Crippen molar-refractivity contribution in [3.8, 4) is 0 Å². The largest absolute Gasteiger partial charge is 0.358 e. The number of aromatic nitrogens is 1. The SMILES string of the molecule is CCc1[nH]c2c(CNC(=O)CC3CCC(=O)N3)cc(F)cc2c1C. The van der Waals surface area contributed by atoms with Crippen molar-refractivity contribution in [2.75, 3.05) is 0 Å². The highest BCUT2D eigenvalue weighted by Crippen LogP contribution is 2.26. The number of carbonyl (C=O) groups is 2. The molecule has 128 valence electrons. The zero-order valence-electron chi connectivity index (χ0n) is 14.0. The number of rotatable bonds is 5. The highest BCUT2D eigenvalue weighted by Gasteiger charge is 2.23. The van der Waals surface area contributed by atoms with Crippen molar-refractivity contribution in [3.63, 3.8) is 0 Å². The molecule has 5 nitrogen and oxygen atoms in total. The molecule has 1 atom stereocenters. The van der Waals surface area contributed by atoms with E-state index >= 15 is 0 Å². The van der Waals surface area contributed by atoms with Crippen LogP contribution in [0.15, 0.2) is 12.1 Å². The molecule has 1 aromatic heterocycles. The van der Waals surface area contributed by atoms with Gasteiger partial charge in [0.2, 0.25) is 11.8 Å². The molecular formula is C18H22FN3O2. The minimum atomic E-state index is -0.306. The van der Waals surface area contributed by atoms with E-state index in [1.54, 1.807) is 0 Å². The van der Waals surface area contributed by atoms with Gasteiger partial charge in [-0.25, -0.2) is 4.39 Å². The fraction of sp³-hybridized carbons (Fsp3) is 0.444. The first-order chi connectivity index (χ1) is 11.5. The Labute approximate surface area is 140 Å².